The minimum absolute atomic E-state index is 0.0764. The molecule has 2 aromatic heterocycles. The van der Waals surface area contributed by atoms with E-state index < -0.39 is 12.7 Å². The topological polar surface area (TPSA) is 118 Å². The summed E-state index contributed by atoms with van der Waals surface area (Å²) < 4.78 is 31.2. The molecular formula is C28H29F2N7O3. The van der Waals surface area contributed by atoms with E-state index in [0.717, 1.165) is 22.5 Å². The number of aromatic nitrogens is 3. The lowest BCUT2D eigenvalue weighted by atomic mass is 10.1. The van der Waals surface area contributed by atoms with Crippen LogP contribution < -0.4 is 15.8 Å². The SMILES string of the molecule is Cc1cc(Nc2nccn3c(-c4ccc(OC(F)F)cc4)cnc23)ccc1C(=O)N1CCN(C(=O)[C@H](C)N)CC1. The summed E-state index contributed by atoms with van der Waals surface area (Å²) in [6, 6.07) is 11.2. The minimum Gasteiger partial charge on any atom is -0.435 e. The normalized spacial score (nSPS) is 14.4. The first kappa shape index (κ1) is 27.0. The number of fused-ring (bicyclic) bond motifs is 1. The molecule has 1 saturated heterocycles. The number of halogens is 2. The molecule has 2 aromatic carbocycles. The molecule has 1 aliphatic rings. The average Bonchev–Trinajstić information content (AvgIpc) is 3.38. The molecule has 40 heavy (non-hydrogen) atoms. The van der Waals surface area contributed by atoms with Gasteiger partial charge in [0.05, 0.1) is 17.9 Å². The number of anilines is 2. The number of ether oxygens (including phenoxy) is 1. The fourth-order valence-corrected chi connectivity index (χ4v) is 4.73. The van der Waals surface area contributed by atoms with Crippen molar-refractivity contribution < 1.29 is 23.1 Å². The first-order valence-corrected chi connectivity index (χ1v) is 12.8. The Hall–Kier alpha value is -4.58. The molecule has 3 heterocycles. The summed E-state index contributed by atoms with van der Waals surface area (Å²) in [7, 11) is 0. The number of benzene rings is 2. The van der Waals surface area contributed by atoms with Crippen molar-refractivity contribution in [3.05, 3.63) is 72.2 Å². The first-order chi connectivity index (χ1) is 19.2. The Balaban J connectivity index is 1.30. The number of nitrogens with zero attached hydrogens (tertiary/aromatic N) is 5. The van der Waals surface area contributed by atoms with Crippen LogP contribution in [0.1, 0.15) is 22.8 Å². The van der Waals surface area contributed by atoms with Crippen molar-refractivity contribution >= 4 is 29.0 Å². The molecule has 2 amide bonds. The zero-order valence-electron chi connectivity index (χ0n) is 22.1. The van der Waals surface area contributed by atoms with Gasteiger partial charge in [0.2, 0.25) is 5.91 Å². The quantitative estimate of drug-likeness (QED) is 0.361. The highest BCUT2D eigenvalue weighted by Crippen LogP contribution is 2.28. The van der Waals surface area contributed by atoms with Gasteiger partial charge in [0.15, 0.2) is 11.5 Å². The molecule has 1 aliphatic heterocycles. The Morgan fingerprint density at radius 3 is 2.38 bits per heavy atom. The second-order valence-electron chi connectivity index (χ2n) is 9.58. The van der Waals surface area contributed by atoms with Gasteiger partial charge in [-0.05, 0) is 61.9 Å². The second kappa shape index (κ2) is 11.3. The van der Waals surface area contributed by atoms with Crippen molar-refractivity contribution in [1.29, 1.82) is 0 Å². The Morgan fingerprint density at radius 2 is 1.73 bits per heavy atom. The van der Waals surface area contributed by atoms with Crippen molar-refractivity contribution in [2.24, 2.45) is 5.73 Å². The van der Waals surface area contributed by atoms with Crippen LogP contribution >= 0.6 is 0 Å². The van der Waals surface area contributed by atoms with Gasteiger partial charge in [0.25, 0.3) is 5.91 Å². The number of carbonyl (C=O) groups excluding carboxylic acids is 2. The number of imidazole rings is 1. The van der Waals surface area contributed by atoms with Crippen LogP contribution in [0.5, 0.6) is 5.75 Å². The van der Waals surface area contributed by atoms with Crippen LogP contribution in [0.2, 0.25) is 0 Å². The summed E-state index contributed by atoms with van der Waals surface area (Å²) in [5.41, 5.74) is 9.92. The van der Waals surface area contributed by atoms with Crippen LogP contribution in [0, 0.1) is 6.92 Å². The number of hydrogen-bond acceptors (Lipinski definition) is 7. The maximum atomic E-state index is 13.2. The van der Waals surface area contributed by atoms with Gasteiger partial charge >= 0.3 is 6.61 Å². The fraction of sp³-hybridized carbons (Fsp3) is 0.286. The molecule has 1 atom stereocenters. The van der Waals surface area contributed by atoms with Gasteiger partial charge in [-0.25, -0.2) is 9.97 Å². The van der Waals surface area contributed by atoms with E-state index in [1.54, 1.807) is 53.5 Å². The van der Waals surface area contributed by atoms with E-state index >= 15 is 0 Å². The number of aryl methyl sites for hydroxylation is 1. The standard InChI is InChI=1S/C28H29F2N7O3/c1-17-15-20(5-8-22(17)27(39)36-13-11-35(12-14-36)26(38)18(2)31)34-24-25-33-16-23(37(25)10-9-32-24)19-3-6-21(7-4-19)40-28(29)30/h3-10,15-16,18,28H,11-14,31H2,1-2H3,(H,32,34)/t18-/m0/s1. The molecule has 12 heteroatoms. The lowest BCUT2D eigenvalue weighted by Gasteiger charge is -2.35. The molecule has 0 bridgehead atoms. The van der Waals surface area contributed by atoms with Crippen LogP contribution in [0.4, 0.5) is 20.3 Å². The monoisotopic (exact) mass is 549 g/mol. The predicted octanol–water partition coefficient (Wildman–Crippen LogP) is 3.68. The van der Waals surface area contributed by atoms with E-state index in [4.69, 9.17) is 5.73 Å². The van der Waals surface area contributed by atoms with Gasteiger partial charge in [0, 0.05) is 55.4 Å². The van der Waals surface area contributed by atoms with Gasteiger partial charge in [-0.3, -0.25) is 14.0 Å². The maximum Gasteiger partial charge on any atom is 0.387 e. The zero-order chi connectivity index (χ0) is 28.4. The lowest BCUT2D eigenvalue weighted by Crippen LogP contribution is -2.53. The van der Waals surface area contributed by atoms with Gasteiger partial charge in [-0.2, -0.15) is 8.78 Å². The number of amides is 2. The van der Waals surface area contributed by atoms with Crippen molar-refractivity contribution in [2.75, 3.05) is 31.5 Å². The summed E-state index contributed by atoms with van der Waals surface area (Å²) in [5.74, 6) is 0.400. The third-order valence-electron chi connectivity index (χ3n) is 6.79. The van der Waals surface area contributed by atoms with Crippen molar-refractivity contribution in [3.63, 3.8) is 0 Å². The predicted molar refractivity (Wildman–Crippen MR) is 146 cm³/mol. The van der Waals surface area contributed by atoms with Crippen LogP contribution in [-0.4, -0.2) is 74.8 Å². The van der Waals surface area contributed by atoms with Crippen LogP contribution in [-0.2, 0) is 4.79 Å². The van der Waals surface area contributed by atoms with Crippen LogP contribution in [0.25, 0.3) is 16.9 Å². The molecule has 3 N–H and O–H groups in total. The summed E-state index contributed by atoms with van der Waals surface area (Å²) >= 11 is 0. The molecular weight excluding hydrogens is 520 g/mol. The van der Waals surface area contributed by atoms with E-state index in [1.165, 1.54) is 12.1 Å². The largest absolute Gasteiger partial charge is 0.435 e. The van der Waals surface area contributed by atoms with Crippen LogP contribution in [0.15, 0.2) is 61.1 Å². The van der Waals surface area contributed by atoms with Crippen molar-refractivity contribution in [3.8, 4) is 17.0 Å². The highest BCUT2D eigenvalue weighted by atomic mass is 19.3. The number of alkyl halides is 2. The molecule has 1 fully saturated rings. The lowest BCUT2D eigenvalue weighted by molar-refractivity contribution is -0.133. The second-order valence-corrected chi connectivity index (χ2v) is 9.58. The average molecular weight is 550 g/mol. The van der Waals surface area contributed by atoms with Gasteiger partial charge in [-0.15, -0.1) is 0 Å². The molecule has 208 valence electrons. The number of nitrogens with one attached hydrogen (secondary N) is 1. The van der Waals surface area contributed by atoms with Crippen LogP contribution in [0.3, 0.4) is 0 Å². The van der Waals surface area contributed by atoms with Gasteiger partial charge in [-0.1, -0.05) is 0 Å². The molecule has 0 unspecified atom stereocenters. The Morgan fingerprint density at radius 1 is 1.02 bits per heavy atom. The molecule has 0 spiro atoms. The number of rotatable bonds is 7. The van der Waals surface area contributed by atoms with Crippen molar-refractivity contribution in [1.82, 2.24) is 24.2 Å². The number of nitrogens with two attached hydrogens (primary N) is 1. The van der Waals surface area contributed by atoms with E-state index in [2.05, 4.69) is 20.0 Å². The fourth-order valence-electron chi connectivity index (χ4n) is 4.73. The Labute approximate surface area is 229 Å². The maximum absolute atomic E-state index is 13.2. The van der Waals surface area contributed by atoms with Gasteiger partial charge in [0.1, 0.15) is 5.75 Å². The van der Waals surface area contributed by atoms with E-state index in [0.29, 0.717) is 43.2 Å². The number of hydrogen-bond donors (Lipinski definition) is 2. The summed E-state index contributed by atoms with van der Waals surface area (Å²) in [6.07, 6.45) is 5.08. The minimum atomic E-state index is -2.88. The molecule has 0 radical (unpaired) electrons. The molecule has 0 aliphatic carbocycles. The number of carbonyl (C=O) groups is 2. The summed E-state index contributed by atoms with van der Waals surface area (Å²) in [5, 5.41) is 3.28. The Kier molecular flexibility index (Phi) is 7.60. The van der Waals surface area contributed by atoms with E-state index in [-0.39, 0.29) is 17.6 Å². The highest BCUT2D eigenvalue weighted by molar-refractivity contribution is 5.96. The summed E-state index contributed by atoms with van der Waals surface area (Å²) in [6.45, 7) is 2.47. The Bertz CT molecular complexity index is 1530. The zero-order valence-corrected chi connectivity index (χ0v) is 22.1. The molecule has 4 aromatic rings. The smallest absolute Gasteiger partial charge is 0.387 e. The van der Waals surface area contributed by atoms with E-state index in [9.17, 15) is 18.4 Å². The van der Waals surface area contributed by atoms with E-state index in [1.807, 2.05) is 23.5 Å². The third-order valence-corrected chi connectivity index (χ3v) is 6.79. The highest BCUT2D eigenvalue weighted by Gasteiger charge is 2.27. The molecule has 0 saturated carbocycles. The number of piperazine rings is 1. The third kappa shape index (κ3) is 5.57. The van der Waals surface area contributed by atoms with Gasteiger partial charge < -0.3 is 25.6 Å². The summed E-state index contributed by atoms with van der Waals surface area (Å²) in [4.78, 5) is 37.7. The molecule has 5 rings (SSSR count). The van der Waals surface area contributed by atoms with Crippen molar-refractivity contribution in [2.45, 2.75) is 26.5 Å². The molecule has 10 nitrogen and oxygen atoms in total. The first-order valence-electron chi connectivity index (χ1n) is 12.8.